The molecule has 4 N–H and O–H groups in total. The Morgan fingerprint density at radius 2 is 2.27 bits per heavy atom. The van der Waals surface area contributed by atoms with Crippen LogP contribution in [0.4, 0.5) is 0 Å². The highest BCUT2D eigenvalue weighted by Gasteiger charge is 2.15. The van der Waals surface area contributed by atoms with Crippen molar-refractivity contribution in [2.24, 2.45) is 5.73 Å². The van der Waals surface area contributed by atoms with Crippen LogP contribution in [0.25, 0.3) is 0 Å². The van der Waals surface area contributed by atoms with Crippen molar-refractivity contribution < 1.29 is 9.90 Å². The predicted molar refractivity (Wildman–Crippen MR) is 64.9 cm³/mol. The molecule has 90 valence electrons. The van der Waals surface area contributed by atoms with Crippen molar-refractivity contribution in [3.63, 3.8) is 0 Å². The average molecular weight is 234 g/mol. The highest BCUT2D eigenvalue weighted by Crippen LogP contribution is 2.14. The van der Waals surface area contributed by atoms with Crippen LogP contribution in [-0.2, 0) is 4.79 Å². The minimum atomic E-state index is -0.299. The third-order valence-corrected chi connectivity index (χ3v) is 3.40. The van der Waals surface area contributed by atoms with Gasteiger partial charge in [-0.2, -0.15) is 11.8 Å². The molecule has 0 aromatic heterocycles. The Balaban J connectivity index is 3.79. The van der Waals surface area contributed by atoms with Gasteiger partial charge in [-0.1, -0.05) is 13.8 Å². The standard InChI is InChI=1S/C10H22N2O2S/c1-3-5-12-9(10(11)14)7-15-8(2)4-6-13/h8-9,12-13H,3-7H2,1-2H3,(H2,11,14). The minimum Gasteiger partial charge on any atom is -0.396 e. The summed E-state index contributed by atoms with van der Waals surface area (Å²) in [6, 6.07) is -0.254. The lowest BCUT2D eigenvalue weighted by molar-refractivity contribution is -0.119. The second kappa shape index (κ2) is 9.00. The van der Waals surface area contributed by atoms with E-state index in [2.05, 4.69) is 5.32 Å². The molecule has 0 aromatic rings. The molecule has 0 aliphatic heterocycles. The van der Waals surface area contributed by atoms with Crippen LogP contribution in [0.5, 0.6) is 0 Å². The zero-order chi connectivity index (χ0) is 11.7. The second-order valence-electron chi connectivity index (χ2n) is 3.57. The first-order chi connectivity index (χ1) is 7.11. The van der Waals surface area contributed by atoms with Gasteiger partial charge in [-0.15, -0.1) is 0 Å². The van der Waals surface area contributed by atoms with Crippen LogP contribution in [-0.4, -0.2) is 41.2 Å². The van der Waals surface area contributed by atoms with Crippen molar-refractivity contribution in [1.82, 2.24) is 5.32 Å². The number of carbonyl (C=O) groups is 1. The van der Waals surface area contributed by atoms with Gasteiger partial charge in [0.15, 0.2) is 0 Å². The fourth-order valence-electron chi connectivity index (χ4n) is 1.09. The average Bonchev–Trinajstić information content (AvgIpc) is 2.17. The second-order valence-corrected chi connectivity index (χ2v) is 5.04. The van der Waals surface area contributed by atoms with Gasteiger partial charge in [-0.3, -0.25) is 4.79 Å². The molecule has 0 heterocycles. The van der Waals surface area contributed by atoms with Crippen LogP contribution in [0.1, 0.15) is 26.7 Å². The van der Waals surface area contributed by atoms with Gasteiger partial charge in [0.25, 0.3) is 0 Å². The molecule has 0 saturated carbocycles. The van der Waals surface area contributed by atoms with Gasteiger partial charge in [-0.05, 0) is 19.4 Å². The van der Waals surface area contributed by atoms with E-state index >= 15 is 0 Å². The maximum Gasteiger partial charge on any atom is 0.235 e. The Labute approximate surface area is 96.0 Å². The molecule has 2 atom stereocenters. The first kappa shape index (κ1) is 14.7. The molecular formula is C10H22N2O2S. The molecule has 0 rings (SSSR count). The third kappa shape index (κ3) is 7.64. The number of nitrogens with two attached hydrogens (primary N) is 1. The van der Waals surface area contributed by atoms with E-state index < -0.39 is 0 Å². The summed E-state index contributed by atoms with van der Waals surface area (Å²) >= 11 is 1.66. The maximum atomic E-state index is 11.1. The van der Waals surface area contributed by atoms with Crippen molar-refractivity contribution in [1.29, 1.82) is 0 Å². The summed E-state index contributed by atoms with van der Waals surface area (Å²) in [5.41, 5.74) is 5.27. The summed E-state index contributed by atoms with van der Waals surface area (Å²) in [4.78, 5) is 11.1. The largest absolute Gasteiger partial charge is 0.396 e. The predicted octanol–water partition coefficient (Wildman–Crippen LogP) is 0.344. The van der Waals surface area contributed by atoms with Crippen molar-refractivity contribution in [3.05, 3.63) is 0 Å². The summed E-state index contributed by atoms with van der Waals surface area (Å²) < 4.78 is 0. The fourth-order valence-corrected chi connectivity index (χ4v) is 2.16. The van der Waals surface area contributed by atoms with Crippen LogP contribution in [0.2, 0.25) is 0 Å². The molecule has 2 unspecified atom stereocenters. The van der Waals surface area contributed by atoms with Gasteiger partial charge < -0.3 is 16.2 Å². The summed E-state index contributed by atoms with van der Waals surface area (Å²) in [6.07, 6.45) is 1.74. The van der Waals surface area contributed by atoms with E-state index in [-0.39, 0.29) is 18.6 Å². The molecular weight excluding hydrogens is 212 g/mol. The van der Waals surface area contributed by atoms with Crippen LogP contribution in [0.3, 0.4) is 0 Å². The Bertz CT molecular complexity index is 179. The van der Waals surface area contributed by atoms with E-state index in [1.165, 1.54) is 0 Å². The lowest BCUT2D eigenvalue weighted by Gasteiger charge is -2.17. The van der Waals surface area contributed by atoms with E-state index in [1.807, 2.05) is 13.8 Å². The quantitative estimate of drug-likeness (QED) is 0.538. The summed E-state index contributed by atoms with van der Waals surface area (Å²) in [7, 11) is 0. The Morgan fingerprint density at radius 1 is 1.60 bits per heavy atom. The molecule has 5 heteroatoms. The van der Waals surface area contributed by atoms with Crippen molar-refractivity contribution in [2.45, 2.75) is 38.0 Å². The smallest absolute Gasteiger partial charge is 0.235 e. The molecule has 15 heavy (non-hydrogen) atoms. The molecule has 0 radical (unpaired) electrons. The number of aliphatic hydroxyl groups excluding tert-OH is 1. The summed E-state index contributed by atoms with van der Waals surface area (Å²) in [5, 5.41) is 12.2. The van der Waals surface area contributed by atoms with Crippen LogP contribution in [0, 0.1) is 0 Å². The first-order valence-electron chi connectivity index (χ1n) is 5.37. The highest BCUT2D eigenvalue weighted by molar-refractivity contribution is 7.99. The van der Waals surface area contributed by atoms with Gasteiger partial charge in [0, 0.05) is 17.6 Å². The zero-order valence-corrected chi connectivity index (χ0v) is 10.3. The molecule has 1 amide bonds. The molecule has 0 aromatic carbocycles. The Hall–Kier alpha value is -0.260. The van der Waals surface area contributed by atoms with Crippen LogP contribution >= 0.6 is 11.8 Å². The Morgan fingerprint density at radius 3 is 2.73 bits per heavy atom. The van der Waals surface area contributed by atoms with Gasteiger partial charge in [0.1, 0.15) is 0 Å². The topological polar surface area (TPSA) is 75.3 Å². The van der Waals surface area contributed by atoms with E-state index in [9.17, 15) is 4.79 Å². The minimum absolute atomic E-state index is 0.192. The molecule has 0 aliphatic rings. The van der Waals surface area contributed by atoms with Gasteiger partial charge >= 0.3 is 0 Å². The van der Waals surface area contributed by atoms with Crippen molar-refractivity contribution >= 4 is 17.7 Å². The van der Waals surface area contributed by atoms with Gasteiger partial charge in [-0.25, -0.2) is 0 Å². The number of carbonyl (C=O) groups excluding carboxylic acids is 1. The molecule has 0 saturated heterocycles. The van der Waals surface area contributed by atoms with Crippen LogP contribution < -0.4 is 11.1 Å². The van der Waals surface area contributed by atoms with Gasteiger partial charge in [0.05, 0.1) is 6.04 Å². The van der Waals surface area contributed by atoms with Gasteiger partial charge in [0.2, 0.25) is 5.91 Å². The lowest BCUT2D eigenvalue weighted by Crippen LogP contribution is -2.43. The number of aliphatic hydroxyl groups is 1. The molecule has 0 fully saturated rings. The lowest BCUT2D eigenvalue weighted by atomic mass is 10.3. The Kier molecular flexibility index (Phi) is 8.85. The van der Waals surface area contributed by atoms with E-state index in [0.29, 0.717) is 11.0 Å². The number of amides is 1. The number of hydrogen-bond donors (Lipinski definition) is 3. The van der Waals surface area contributed by atoms with Crippen LogP contribution in [0.15, 0.2) is 0 Å². The zero-order valence-electron chi connectivity index (χ0n) is 9.53. The molecule has 0 spiro atoms. The van der Waals surface area contributed by atoms with E-state index in [4.69, 9.17) is 10.8 Å². The number of primary amides is 1. The number of hydrogen-bond acceptors (Lipinski definition) is 4. The number of rotatable bonds is 9. The maximum absolute atomic E-state index is 11.1. The fraction of sp³-hybridized carbons (Fsp3) is 0.900. The molecule has 0 aliphatic carbocycles. The SMILES string of the molecule is CCCNC(CSC(C)CCO)C(N)=O. The van der Waals surface area contributed by atoms with Crippen molar-refractivity contribution in [2.75, 3.05) is 18.9 Å². The van der Waals surface area contributed by atoms with E-state index in [1.54, 1.807) is 11.8 Å². The number of nitrogens with one attached hydrogen (secondary N) is 1. The normalized spacial score (nSPS) is 14.9. The molecule has 0 bridgehead atoms. The highest BCUT2D eigenvalue weighted by atomic mass is 32.2. The summed E-state index contributed by atoms with van der Waals surface area (Å²) in [5.74, 6) is 0.378. The third-order valence-electron chi connectivity index (χ3n) is 2.07. The molecule has 4 nitrogen and oxygen atoms in total. The number of thioether (sulfide) groups is 1. The summed E-state index contributed by atoms with van der Waals surface area (Å²) in [6.45, 7) is 5.09. The van der Waals surface area contributed by atoms with Crippen molar-refractivity contribution in [3.8, 4) is 0 Å². The first-order valence-corrected chi connectivity index (χ1v) is 6.41. The monoisotopic (exact) mass is 234 g/mol. The van der Waals surface area contributed by atoms with E-state index in [0.717, 1.165) is 19.4 Å².